The summed E-state index contributed by atoms with van der Waals surface area (Å²) in [4.78, 5) is 33.8. The third-order valence-electron chi connectivity index (χ3n) is 3.21. The molecule has 0 spiro atoms. The van der Waals surface area contributed by atoms with Gasteiger partial charge < -0.3 is 15.0 Å². The lowest BCUT2D eigenvalue weighted by atomic mass is 10.1. The third kappa shape index (κ3) is 4.68. The highest BCUT2D eigenvalue weighted by atomic mass is 16.6. The Balaban J connectivity index is 1.92. The van der Waals surface area contributed by atoms with Gasteiger partial charge in [0.05, 0.1) is 6.20 Å². The van der Waals surface area contributed by atoms with Crippen molar-refractivity contribution in [3.05, 3.63) is 24.3 Å². The predicted molar refractivity (Wildman–Crippen MR) is 80.3 cm³/mol. The van der Waals surface area contributed by atoms with Crippen LogP contribution in [0.15, 0.2) is 18.6 Å². The van der Waals surface area contributed by atoms with E-state index in [1.165, 1.54) is 18.6 Å². The molecule has 2 heterocycles. The summed E-state index contributed by atoms with van der Waals surface area (Å²) < 4.78 is 5.24. The van der Waals surface area contributed by atoms with Crippen LogP contribution in [0.3, 0.4) is 0 Å². The van der Waals surface area contributed by atoms with E-state index in [0.29, 0.717) is 18.8 Å². The van der Waals surface area contributed by atoms with Crippen LogP contribution >= 0.6 is 0 Å². The number of ether oxygens (including phenoxy) is 1. The van der Waals surface area contributed by atoms with Crippen molar-refractivity contribution in [3.63, 3.8) is 0 Å². The number of hydrogen-bond acceptors (Lipinski definition) is 5. The van der Waals surface area contributed by atoms with Crippen LogP contribution in [0, 0.1) is 0 Å². The Hall–Kier alpha value is -2.18. The Kier molecular flexibility index (Phi) is 4.95. The molecule has 7 nitrogen and oxygen atoms in total. The number of alkyl carbamates (subject to hydrolysis) is 1. The molecule has 22 heavy (non-hydrogen) atoms. The van der Waals surface area contributed by atoms with Gasteiger partial charge >= 0.3 is 6.09 Å². The first kappa shape index (κ1) is 16.2. The molecule has 2 amide bonds. The number of piperidine rings is 1. The molecule has 1 saturated heterocycles. The van der Waals surface area contributed by atoms with E-state index < -0.39 is 11.7 Å². The maximum atomic E-state index is 12.3. The van der Waals surface area contributed by atoms with Crippen LogP contribution in [-0.4, -0.2) is 51.6 Å². The van der Waals surface area contributed by atoms with Crippen LogP contribution in [0.4, 0.5) is 4.79 Å². The fraction of sp³-hybridized carbons (Fsp3) is 0.600. The van der Waals surface area contributed by atoms with Crippen molar-refractivity contribution in [1.29, 1.82) is 0 Å². The van der Waals surface area contributed by atoms with Crippen molar-refractivity contribution >= 4 is 12.0 Å². The molecule has 1 atom stereocenters. The molecule has 0 aromatic carbocycles. The van der Waals surface area contributed by atoms with Gasteiger partial charge in [-0.2, -0.15) is 0 Å². The van der Waals surface area contributed by atoms with Gasteiger partial charge in [0.15, 0.2) is 0 Å². The number of hydrogen-bond donors (Lipinski definition) is 1. The smallest absolute Gasteiger partial charge is 0.407 e. The summed E-state index contributed by atoms with van der Waals surface area (Å²) in [6.45, 7) is 6.56. The van der Waals surface area contributed by atoms with Gasteiger partial charge in [-0.25, -0.2) is 9.78 Å². The Morgan fingerprint density at radius 3 is 2.77 bits per heavy atom. The quantitative estimate of drug-likeness (QED) is 0.897. The molecule has 120 valence electrons. The Morgan fingerprint density at radius 2 is 2.14 bits per heavy atom. The first-order valence-corrected chi connectivity index (χ1v) is 7.40. The first-order valence-electron chi connectivity index (χ1n) is 7.40. The molecule has 0 bridgehead atoms. The van der Waals surface area contributed by atoms with Crippen LogP contribution in [0.25, 0.3) is 0 Å². The SMILES string of the molecule is CC(C)(C)OC(=O)NC1CCCN(C(=O)c2cnccn2)C1. The van der Waals surface area contributed by atoms with Gasteiger partial charge in [-0.15, -0.1) is 0 Å². The molecule has 1 fully saturated rings. The molecule has 1 N–H and O–H groups in total. The minimum Gasteiger partial charge on any atom is -0.444 e. The van der Waals surface area contributed by atoms with E-state index in [2.05, 4.69) is 15.3 Å². The lowest BCUT2D eigenvalue weighted by Gasteiger charge is -2.33. The summed E-state index contributed by atoms with van der Waals surface area (Å²) >= 11 is 0. The van der Waals surface area contributed by atoms with Crippen molar-refractivity contribution < 1.29 is 14.3 Å². The Morgan fingerprint density at radius 1 is 1.36 bits per heavy atom. The average Bonchev–Trinajstić information content (AvgIpc) is 2.45. The van der Waals surface area contributed by atoms with Crippen molar-refractivity contribution in [1.82, 2.24) is 20.2 Å². The number of aromatic nitrogens is 2. The highest BCUT2D eigenvalue weighted by molar-refractivity contribution is 5.92. The zero-order chi connectivity index (χ0) is 16.2. The van der Waals surface area contributed by atoms with E-state index in [1.54, 1.807) is 4.90 Å². The van der Waals surface area contributed by atoms with Crippen molar-refractivity contribution in [2.45, 2.75) is 45.3 Å². The number of likely N-dealkylation sites (tertiary alicyclic amines) is 1. The number of carbonyl (C=O) groups excluding carboxylic acids is 2. The molecular weight excluding hydrogens is 284 g/mol. The highest BCUT2D eigenvalue weighted by Crippen LogP contribution is 2.14. The number of amides is 2. The maximum absolute atomic E-state index is 12.3. The molecule has 1 unspecified atom stereocenters. The van der Waals surface area contributed by atoms with Gasteiger partial charge in [0.2, 0.25) is 0 Å². The van der Waals surface area contributed by atoms with E-state index in [4.69, 9.17) is 4.74 Å². The van der Waals surface area contributed by atoms with Gasteiger partial charge in [-0.1, -0.05) is 0 Å². The second-order valence-corrected chi connectivity index (χ2v) is 6.33. The lowest BCUT2D eigenvalue weighted by Crippen LogP contribution is -2.50. The molecular formula is C15H22N4O3. The van der Waals surface area contributed by atoms with E-state index >= 15 is 0 Å². The summed E-state index contributed by atoms with van der Waals surface area (Å²) in [7, 11) is 0. The van der Waals surface area contributed by atoms with E-state index in [0.717, 1.165) is 12.8 Å². The molecule has 7 heteroatoms. The van der Waals surface area contributed by atoms with Crippen molar-refractivity contribution in [2.75, 3.05) is 13.1 Å². The summed E-state index contributed by atoms with van der Waals surface area (Å²) in [5.41, 5.74) is -0.214. The van der Waals surface area contributed by atoms with Crippen LogP contribution in [0.2, 0.25) is 0 Å². The van der Waals surface area contributed by atoms with Gasteiger partial charge in [0.25, 0.3) is 5.91 Å². The molecule has 1 aromatic heterocycles. The number of nitrogens with zero attached hydrogens (tertiary/aromatic N) is 3. The molecule has 0 saturated carbocycles. The van der Waals surface area contributed by atoms with Gasteiger partial charge in [-0.05, 0) is 33.6 Å². The largest absolute Gasteiger partial charge is 0.444 e. The van der Waals surface area contributed by atoms with Crippen molar-refractivity contribution in [3.8, 4) is 0 Å². The predicted octanol–water partition coefficient (Wildman–Crippen LogP) is 1.61. The molecule has 0 aliphatic carbocycles. The zero-order valence-corrected chi connectivity index (χ0v) is 13.2. The van der Waals surface area contributed by atoms with E-state index in [9.17, 15) is 9.59 Å². The van der Waals surface area contributed by atoms with Crippen LogP contribution in [0.5, 0.6) is 0 Å². The monoisotopic (exact) mass is 306 g/mol. The van der Waals surface area contributed by atoms with Crippen LogP contribution < -0.4 is 5.32 Å². The van der Waals surface area contributed by atoms with Crippen LogP contribution in [-0.2, 0) is 4.74 Å². The third-order valence-corrected chi connectivity index (χ3v) is 3.21. The summed E-state index contributed by atoms with van der Waals surface area (Å²) in [6, 6.07) is -0.107. The summed E-state index contributed by atoms with van der Waals surface area (Å²) in [6.07, 6.45) is 5.67. The Bertz CT molecular complexity index is 527. The second kappa shape index (κ2) is 6.72. The summed E-state index contributed by atoms with van der Waals surface area (Å²) in [5.74, 6) is -0.163. The number of rotatable bonds is 2. The Labute approximate surface area is 130 Å². The highest BCUT2D eigenvalue weighted by Gasteiger charge is 2.27. The summed E-state index contributed by atoms with van der Waals surface area (Å²) in [5, 5.41) is 2.82. The normalized spacial score (nSPS) is 18.7. The van der Waals surface area contributed by atoms with Gasteiger partial charge in [-0.3, -0.25) is 9.78 Å². The minimum atomic E-state index is -0.534. The fourth-order valence-electron chi connectivity index (χ4n) is 2.33. The van der Waals surface area contributed by atoms with Gasteiger partial charge in [0, 0.05) is 31.5 Å². The van der Waals surface area contributed by atoms with E-state index in [1.807, 2.05) is 20.8 Å². The minimum absolute atomic E-state index is 0.107. The molecule has 2 rings (SSSR count). The van der Waals surface area contributed by atoms with Crippen LogP contribution in [0.1, 0.15) is 44.1 Å². The number of nitrogens with one attached hydrogen (secondary N) is 1. The standard InChI is InChI=1S/C15H22N4O3/c1-15(2,3)22-14(21)18-11-5-4-8-19(10-11)13(20)12-9-16-6-7-17-12/h6-7,9,11H,4-5,8,10H2,1-3H3,(H,18,21). The molecule has 1 aliphatic heterocycles. The van der Waals surface area contributed by atoms with Gasteiger partial charge in [0.1, 0.15) is 11.3 Å². The average molecular weight is 306 g/mol. The fourth-order valence-corrected chi connectivity index (χ4v) is 2.33. The maximum Gasteiger partial charge on any atom is 0.407 e. The lowest BCUT2D eigenvalue weighted by molar-refractivity contribution is 0.0451. The molecule has 0 radical (unpaired) electrons. The molecule has 1 aromatic rings. The second-order valence-electron chi connectivity index (χ2n) is 6.33. The zero-order valence-electron chi connectivity index (χ0n) is 13.2. The van der Waals surface area contributed by atoms with Crippen molar-refractivity contribution in [2.24, 2.45) is 0 Å². The molecule has 1 aliphatic rings. The number of carbonyl (C=O) groups is 2. The van der Waals surface area contributed by atoms with E-state index in [-0.39, 0.29) is 11.9 Å². The topological polar surface area (TPSA) is 84.4 Å². The first-order chi connectivity index (χ1) is 10.3.